The third-order valence-electron chi connectivity index (χ3n) is 12.0. The lowest BCUT2D eigenvalue weighted by molar-refractivity contribution is 0.295. The summed E-state index contributed by atoms with van der Waals surface area (Å²) >= 11 is 0. The number of ether oxygens (including phenoxy) is 2. The highest BCUT2D eigenvalue weighted by atomic mass is 16.5. The number of hydrogen-bond donors (Lipinski definition) is 0. The van der Waals surface area contributed by atoms with Gasteiger partial charge < -0.3 is 23.7 Å². The van der Waals surface area contributed by atoms with Crippen molar-refractivity contribution < 1.29 is 13.9 Å². The molecule has 0 radical (unpaired) electrons. The van der Waals surface area contributed by atoms with Crippen LogP contribution in [0.15, 0.2) is 248 Å². The van der Waals surface area contributed by atoms with E-state index in [1.807, 2.05) is 54.6 Å². The van der Waals surface area contributed by atoms with Gasteiger partial charge >= 0.3 is 0 Å². The number of rotatable bonds is 10. The van der Waals surface area contributed by atoms with Gasteiger partial charge in [-0.15, -0.1) is 0 Å². The van der Waals surface area contributed by atoms with Crippen LogP contribution in [0.5, 0.6) is 11.5 Å². The Morgan fingerprint density at radius 2 is 1.10 bits per heavy atom. The Morgan fingerprint density at radius 1 is 0.508 bits per heavy atom. The highest BCUT2D eigenvalue weighted by Crippen LogP contribution is 2.50. The lowest BCUT2D eigenvalue weighted by Gasteiger charge is -2.37. The van der Waals surface area contributed by atoms with Crippen molar-refractivity contribution in [1.29, 1.82) is 0 Å². The zero-order valence-corrected chi connectivity index (χ0v) is 34.5. The normalized spacial score (nSPS) is 15.2. The molecule has 11 rings (SSSR count). The molecule has 2 aliphatic rings. The summed E-state index contributed by atoms with van der Waals surface area (Å²) in [5.41, 5.74) is 12.0. The molecular formula is C58H42N2O3. The zero-order chi connectivity index (χ0) is 42.3. The fraction of sp³-hybridized carbons (Fsp3) is 0.0345. The second kappa shape index (κ2) is 16.0. The Hall–Kier alpha value is -8.28. The lowest BCUT2D eigenvalue weighted by Crippen LogP contribution is -2.28. The average Bonchev–Trinajstić information content (AvgIpc) is 3.71. The Kier molecular flexibility index (Phi) is 9.55. The van der Waals surface area contributed by atoms with E-state index in [0.29, 0.717) is 11.5 Å². The smallest absolute Gasteiger partial charge is 0.136 e. The Morgan fingerprint density at radius 3 is 1.87 bits per heavy atom. The van der Waals surface area contributed by atoms with Crippen molar-refractivity contribution in [3.05, 3.63) is 249 Å². The summed E-state index contributed by atoms with van der Waals surface area (Å²) < 4.78 is 19.7. The summed E-state index contributed by atoms with van der Waals surface area (Å²) in [6.07, 6.45) is 6.19. The summed E-state index contributed by atoms with van der Waals surface area (Å²) in [5, 5.41) is 2.13. The number of benzene rings is 8. The van der Waals surface area contributed by atoms with Gasteiger partial charge in [0.15, 0.2) is 0 Å². The van der Waals surface area contributed by atoms with Crippen LogP contribution in [-0.4, -0.2) is 0 Å². The SMILES string of the molecule is C=C(Oc1cccc(N(c2cccc(-c3ccccc3)c2)c2ccc3oc4ccccc4c3c2)c1)C1C=CC=C2Oc3cc(N(c4ccccc4)c4ccccc4)ccc3C(=C)C21. The molecule has 0 N–H and O–H groups in total. The largest absolute Gasteiger partial charge is 0.462 e. The van der Waals surface area contributed by atoms with Crippen molar-refractivity contribution in [2.24, 2.45) is 11.8 Å². The second-order valence-corrected chi connectivity index (χ2v) is 15.9. The predicted octanol–water partition coefficient (Wildman–Crippen LogP) is 15.9. The summed E-state index contributed by atoms with van der Waals surface area (Å²) in [4.78, 5) is 4.50. The van der Waals surface area contributed by atoms with Gasteiger partial charge in [0.05, 0.1) is 5.92 Å². The second-order valence-electron chi connectivity index (χ2n) is 15.9. The first-order valence-corrected chi connectivity index (χ1v) is 21.2. The van der Waals surface area contributed by atoms with Crippen molar-refractivity contribution in [3.63, 3.8) is 0 Å². The van der Waals surface area contributed by atoms with Gasteiger partial charge in [-0.2, -0.15) is 0 Å². The molecule has 302 valence electrons. The standard InChI is InChI=1S/C58H42N2O3/c1-39-50-33-31-48(59(43-20-8-4-9-21-43)44-22-10-5-11-23-44)38-57(50)63-56-30-16-28-51(58(39)56)40(2)61-49-26-15-25-46(36-49)60(45-24-14-19-42(35-45)41-17-6-3-7-18-41)47-32-34-55-53(37-47)52-27-12-13-29-54(52)62-55/h3-38,51,58H,1-2H2. The number of allylic oxidation sites excluding steroid dienone is 4. The van der Waals surface area contributed by atoms with Gasteiger partial charge in [-0.1, -0.05) is 128 Å². The van der Waals surface area contributed by atoms with Crippen molar-refractivity contribution in [1.82, 2.24) is 0 Å². The molecule has 2 heterocycles. The summed E-state index contributed by atoms with van der Waals surface area (Å²) in [6, 6.07) is 69.0. The first kappa shape index (κ1) is 37.7. The van der Waals surface area contributed by atoms with Gasteiger partial charge in [0.25, 0.3) is 0 Å². The van der Waals surface area contributed by atoms with Gasteiger partial charge in [-0.05, 0) is 108 Å². The molecule has 2 unspecified atom stereocenters. The van der Waals surface area contributed by atoms with Crippen LogP contribution in [0.25, 0.3) is 38.6 Å². The molecule has 0 fully saturated rings. The van der Waals surface area contributed by atoms with Crippen molar-refractivity contribution in [2.45, 2.75) is 0 Å². The number of nitrogens with zero attached hydrogens (tertiary/aromatic N) is 2. The van der Waals surface area contributed by atoms with Crippen molar-refractivity contribution >= 4 is 61.6 Å². The summed E-state index contributed by atoms with van der Waals surface area (Å²) in [6.45, 7) is 9.19. The minimum atomic E-state index is -0.213. The molecule has 0 amide bonds. The lowest BCUT2D eigenvalue weighted by atomic mass is 9.77. The van der Waals surface area contributed by atoms with E-state index in [1.165, 1.54) is 0 Å². The fourth-order valence-corrected chi connectivity index (χ4v) is 9.00. The molecule has 63 heavy (non-hydrogen) atoms. The first-order chi connectivity index (χ1) is 31.1. The molecule has 0 saturated heterocycles. The van der Waals surface area contributed by atoms with Crippen molar-refractivity contribution in [3.8, 4) is 22.6 Å². The zero-order valence-electron chi connectivity index (χ0n) is 34.5. The number of fused-ring (bicyclic) bond motifs is 5. The highest BCUT2D eigenvalue weighted by molar-refractivity contribution is 6.06. The third-order valence-corrected chi connectivity index (χ3v) is 12.0. The monoisotopic (exact) mass is 814 g/mol. The van der Waals surface area contributed by atoms with Crippen LogP contribution in [0.3, 0.4) is 0 Å². The minimum Gasteiger partial charge on any atom is -0.462 e. The highest BCUT2D eigenvalue weighted by Gasteiger charge is 2.38. The first-order valence-electron chi connectivity index (χ1n) is 21.2. The topological polar surface area (TPSA) is 38.1 Å². The maximum Gasteiger partial charge on any atom is 0.136 e. The molecule has 0 saturated carbocycles. The van der Waals surface area contributed by atoms with Gasteiger partial charge in [-0.25, -0.2) is 0 Å². The molecular weight excluding hydrogens is 773 g/mol. The van der Waals surface area contributed by atoms with E-state index < -0.39 is 0 Å². The van der Waals surface area contributed by atoms with E-state index in [4.69, 9.17) is 13.9 Å². The Labute approximate surface area is 367 Å². The van der Waals surface area contributed by atoms with E-state index >= 15 is 0 Å². The fourth-order valence-electron chi connectivity index (χ4n) is 9.00. The van der Waals surface area contributed by atoms with E-state index in [-0.39, 0.29) is 11.8 Å². The average molecular weight is 815 g/mol. The van der Waals surface area contributed by atoms with Gasteiger partial charge in [0, 0.05) is 68.5 Å². The van der Waals surface area contributed by atoms with Gasteiger partial charge in [0.2, 0.25) is 0 Å². The van der Waals surface area contributed by atoms with E-state index in [0.717, 1.165) is 89.8 Å². The minimum absolute atomic E-state index is 0.183. The molecule has 1 aromatic heterocycles. The maximum absolute atomic E-state index is 6.75. The van der Waals surface area contributed by atoms with Crippen LogP contribution in [0.2, 0.25) is 0 Å². The van der Waals surface area contributed by atoms with Crippen LogP contribution >= 0.6 is 0 Å². The molecule has 2 atom stereocenters. The number of anilines is 6. The van der Waals surface area contributed by atoms with Gasteiger partial charge in [-0.3, -0.25) is 0 Å². The van der Waals surface area contributed by atoms with E-state index in [1.54, 1.807) is 0 Å². The van der Waals surface area contributed by atoms with Gasteiger partial charge in [0.1, 0.15) is 34.2 Å². The summed E-state index contributed by atoms with van der Waals surface area (Å²) in [7, 11) is 0. The molecule has 1 aliphatic carbocycles. The Bertz CT molecular complexity index is 3200. The number of hydrogen-bond acceptors (Lipinski definition) is 5. The number of para-hydroxylation sites is 3. The predicted molar refractivity (Wildman–Crippen MR) is 259 cm³/mol. The molecule has 1 aliphatic heterocycles. The van der Waals surface area contributed by atoms with Crippen LogP contribution in [0.4, 0.5) is 34.1 Å². The van der Waals surface area contributed by atoms with Crippen LogP contribution < -0.4 is 19.3 Å². The molecule has 8 aromatic carbocycles. The molecule has 0 spiro atoms. The van der Waals surface area contributed by atoms with Crippen molar-refractivity contribution in [2.75, 3.05) is 9.80 Å². The quantitative estimate of drug-likeness (QED) is 0.129. The number of furan rings is 1. The summed E-state index contributed by atoms with van der Waals surface area (Å²) in [5.74, 6) is 2.46. The van der Waals surface area contributed by atoms with E-state index in [9.17, 15) is 0 Å². The molecule has 5 heteroatoms. The molecule has 5 nitrogen and oxygen atoms in total. The molecule has 0 bridgehead atoms. The van der Waals surface area contributed by atoms with Crippen LogP contribution in [0.1, 0.15) is 5.56 Å². The van der Waals surface area contributed by atoms with E-state index in [2.05, 4.69) is 187 Å². The maximum atomic E-state index is 6.75. The Balaban J connectivity index is 0.907. The van der Waals surface area contributed by atoms with Crippen LogP contribution in [0, 0.1) is 11.8 Å². The third kappa shape index (κ3) is 7.05. The molecule has 9 aromatic rings. The van der Waals surface area contributed by atoms with Crippen LogP contribution in [-0.2, 0) is 0 Å².